The Balaban J connectivity index is 1.51. The zero-order valence-electron chi connectivity index (χ0n) is 22.8. The molecule has 0 saturated heterocycles. The topological polar surface area (TPSA) is 60.0 Å². The van der Waals surface area contributed by atoms with E-state index in [2.05, 4.69) is 51.2 Å². The van der Waals surface area contributed by atoms with Gasteiger partial charge in [0.05, 0.1) is 18.2 Å². The van der Waals surface area contributed by atoms with Gasteiger partial charge >= 0.3 is 0 Å². The normalized spacial score (nSPS) is 15.7. The zero-order chi connectivity index (χ0) is 27.3. The minimum Gasteiger partial charge on any atom is -0.504 e. The van der Waals surface area contributed by atoms with E-state index in [1.807, 2.05) is 54.6 Å². The van der Waals surface area contributed by atoms with Crippen molar-refractivity contribution in [1.29, 1.82) is 0 Å². The zero-order valence-corrected chi connectivity index (χ0v) is 22.8. The number of ether oxygens (including phenoxy) is 3. The van der Waals surface area contributed by atoms with Crippen LogP contribution in [-0.4, -0.2) is 17.8 Å². The fraction of sp³-hybridized carbons (Fsp3) is 0.176. The van der Waals surface area contributed by atoms with Crippen LogP contribution in [0.4, 0.5) is 5.69 Å². The lowest BCUT2D eigenvalue weighted by molar-refractivity contribution is 0.371. The highest BCUT2D eigenvalue weighted by Crippen LogP contribution is 2.54. The molecule has 0 aliphatic carbocycles. The number of rotatable bonds is 4. The van der Waals surface area contributed by atoms with Crippen LogP contribution in [0.25, 0.3) is 28.5 Å². The SMILES string of the molecule is COc1c(O)ccc2c1-c1ccc3c(c1C(=Cc1cccc(Oc4ccc(C)cc4)c1)O2)C(C)=CC(C)(C)N3. The summed E-state index contributed by atoms with van der Waals surface area (Å²) in [6.45, 7) is 8.49. The van der Waals surface area contributed by atoms with E-state index in [1.54, 1.807) is 19.2 Å². The molecule has 39 heavy (non-hydrogen) atoms. The number of hydrogen-bond donors (Lipinski definition) is 2. The van der Waals surface area contributed by atoms with Crippen molar-refractivity contribution in [2.45, 2.75) is 33.2 Å². The quantitative estimate of drug-likeness (QED) is 0.284. The highest BCUT2D eigenvalue weighted by atomic mass is 16.5. The van der Waals surface area contributed by atoms with E-state index in [0.29, 0.717) is 17.3 Å². The van der Waals surface area contributed by atoms with Gasteiger partial charge in [-0.05, 0) is 87.4 Å². The van der Waals surface area contributed by atoms with Gasteiger partial charge in [-0.3, -0.25) is 0 Å². The molecule has 0 bridgehead atoms. The van der Waals surface area contributed by atoms with Crippen molar-refractivity contribution in [3.05, 3.63) is 101 Å². The minimum atomic E-state index is -0.180. The molecule has 4 aromatic rings. The minimum absolute atomic E-state index is 0.0726. The van der Waals surface area contributed by atoms with Gasteiger partial charge in [0.25, 0.3) is 0 Å². The Morgan fingerprint density at radius 2 is 1.67 bits per heavy atom. The summed E-state index contributed by atoms with van der Waals surface area (Å²) in [5, 5.41) is 14.2. The van der Waals surface area contributed by atoms with Crippen molar-refractivity contribution in [1.82, 2.24) is 0 Å². The lowest BCUT2D eigenvalue weighted by Gasteiger charge is -2.35. The Hall–Kier alpha value is -4.64. The molecular weight excluding hydrogens is 486 g/mol. The maximum Gasteiger partial charge on any atom is 0.172 e. The van der Waals surface area contributed by atoms with E-state index in [1.165, 1.54) is 5.56 Å². The molecule has 6 rings (SSSR count). The summed E-state index contributed by atoms with van der Waals surface area (Å²) in [5.41, 5.74) is 7.83. The van der Waals surface area contributed by atoms with Gasteiger partial charge in [0.2, 0.25) is 0 Å². The third kappa shape index (κ3) is 4.50. The Labute approximate surface area is 229 Å². The standard InChI is InChI=1S/C34H31NO4/c1-20-9-11-23(12-10-20)38-24-8-6-7-22(17-24)18-29-31-25(32-28(39-29)16-15-27(36)33(32)37-5)13-14-26-30(31)21(2)19-34(3,4)35-26/h6-19,35-36H,1-5H3. The van der Waals surface area contributed by atoms with Crippen LogP contribution in [0.2, 0.25) is 0 Å². The molecule has 2 N–H and O–H groups in total. The first-order valence-electron chi connectivity index (χ1n) is 13.0. The third-order valence-electron chi connectivity index (χ3n) is 7.08. The van der Waals surface area contributed by atoms with Crippen LogP contribution in [0.15, 0.2) is 78.9 Å². The molecule has 0 radical (unpaired) electrons. The highest BCUT2D eigenvalue weighted by Gasteiger charge is 2.33. The third-order valence-corrected chi connectivity index (χ3v) is 7.08. The Kier molecular flexibility index (Phi) is 5.87. The molecule has 2 aliphatic heterocycles. The van der Waals surface area contributed by atoms with Gasteiger partial charge in [-0.15, -0.1) is 0 Å². The van der Waals surface area contributed by atoms with Gasteiger partial charge in [-0.25, -0.2) is 0 Å². The molecule has 2 aliphatic rings. The van der Waals surface area contributed by atoms with Crippen LogP contribution in [0.1, 0.15) is 43.0 Å². The van der Waals surface area contributed by atoms with Gasteiger partial charge in [0, 0.05) is 22.4 Å². The van der Waals surface area contributed by atoms with Gasteiger partial charge in [-0.1, -0.05) is 42.0 Å². The summed E-state index contributed by atoms with van der Waals surface area (Å²) >= 11 is 0. The summed E-state index contributed by atoms with van der Waals surface area (Å²) in [5.74, 6) is 3.33. The maximum absolute atomic E-state index is 10.6. The second kappa shape index (κ2) is 9.28. The molecule has 0 spiro atoms. The van der Waals surface area contributed by atoms with E-state index in [4.69, 9.17) is 14.2 Å². The van der Waals surface area contributed by atoms with Crippen LogP contribution >= 0.6 is 0 Å². The number of anilines is 1. The molecule has 0 atom stereocenters. The summed E-state index contributed by atoms with van der Waals surface area (Å²) in [6, 6.07) is 23.5. The summed E-state index contributed by atoms with van der Waals surface area (Å²) in [6.07, 6.45) is 4.27. The first-order valence-corrected chi connectivity index (χ1v) is 13.0. The summed E-state index contributed by atoms with van der Waals surface area (Å²) < 4.78 is 18.3. The highest BCUT2D eigenvalue weighted by molar-refractivity contribution is 6.02. The average molecular weight is 518 g/mol. The van der Waals surface area contributed by atoms with Crippen molar-refractivity contribution in [2.24, 2.45) is 0 Å². The molecule has 0 saturated carbocycles. The van der Waals surface area contributed by atoms with E-state index in [9.17, 15) is 5.11 Å². The number of benzene rings is 4. The Morgan fingerprint density at radius 3 is 2.44 bits per heavy atom. The van der Waals surface area contributed by atoms with Crippen LogP contribution in [0.5, 0.6) is 28.7 Å². The number of aryl methyl sites for hydroxylation is 1. The van der Waals surface area contributed by atoms with Crippen molar-refractivity contribution in [3.63, 3.8) is 0 Å². The van der Waals surface area contributed by atoms with Crippen molar-refractivity contribution in [2.75, 3.05) is 12.4 Å². The van der Waals surface area contributed by atoms with Gasteiger partial charge in [0.15, 0.2) is 11.5 Å². The molecule has 196 valence electrons. The monoisotopic (exact) mass is 517 g/mol. The molecule has 5 heteroatoms. The number of aromatic hydroxyl groups is 1. The van der Waals surface area contributed by atoms with Crippen LogP contribution in [-0.2, 0) is 0 Å². The number of hydrogen-bond acceptors (Lipinski definition) is 5. The molecule has 0 amide bonds. The van der Waals surface area contributed by atoms with E-state index >= 15 is 0 Å². The Bertz CT molecular complexity index is 1660. The molecule has 5 nitrogen and oxygen atoms in total. The molecule has 4 aromatic carbocycles. The number of allylic oxidation sites excluding steroid dienone is 1. The largest absolute Gasteiger partial charge is 0.504 e. The number of phenols is 1. The molecule has 0 aromatic heterocycles. The number of phenolic OH excluding ortho intramolecular Hbond substituents is 1. The van der Waals surface area contributed by atoms with Crippen molar-refractivity contribution in [3.8, 4) is 39.9 Å². The predicted molar refractivity (Wildman–Crippen MR) is 158 cm³/mol. The second-order valence-electron chi connectivity index (χ2n) is 10.7. The van der Waals surface area contributed by atoms with Crippen LogP contribution < -0.4 is 19.5 Å². The first-order chi connectivity index (χ1) is 18.7. The van der Waals surface area contributed by atoms with Crippen molar-refractivity contribution >= 4 is 23.1 Å². The molecule has 0 unspecified atom stereocenters. The predicted octanol–water partition coefficient (Wildman–Crippen LogP) is 8.67. The van der Waals surface area contributed by atoms with E-state index in [-0.39, 0.29) is 11.3 Å². The maximum atomic E-state index is 10.6. The van der Waals surface area contributed by atoms with Crippen LogP contribution in [0.3, 0.4) is 0 Å². The fourth-order valence-electron chi connectivity index (χ4n) is 5.51. The molecule has 0 fully saturated rings. The average Bonchev–Trinajstić information content (AvgIpc) is 2.89. The summed E-state index contributed by atoms with van der Waals surface area (Å²) in [7, 11) is 1.56. The van der Waals surface area contributed by atoms with Gasteiger partial charge in [-0.2, -0.15) is 0 Å². The van der Waals surface area contributed by atoms with Crippen LogP contribution in [0, 0.1) is 6.92 Å². The first kappa shape index (κ1) is 24.7. The molecule has 2 heterocycles. The Morgan fingerprint density at radius 1 is 0.872 bits per heavy atom. The van der Waals surface area contributed by atoms with Gasteiger partial charge < -0.3 is 24.6 Å². The second-order valence-corrected chi connectivity index (χ2v) is 10.7. The summed E-state index contributed by atoms with van der Waals surface area (Å²) in [4.78, 5) is 0. The number of nitrogens with one attached hydrogen (secondary N) is 1. The number of methoxy groups -OCH3 is 1. The van der Waals surface area contributed by atoms with Gasteiger partial charge in [0.1, 0.15) is 23.0 Å². The van der Waals surface area contributed by atoms with Crippen molar-refractivity contribution < 1.29 is 19.3 Å². The lowest BCUT2D eigenvalue weighted by Crippen LogP contribution is -2.32. The number of fused-ring (bicyclic) bond motifs is 5. The van der Waals surface area contributed by atoms with E-state index < -0.39 is 0 Å². The molecular formula is C34H31NO4. The smallest absolute Gasteiger partial charge is 0.172 e. The van der Waals surface area contributed by atoms with E-state index in [0.717, 1.165) is 50.6 Å². The fourth-order valence-corrected chi connectivity index (χ4v) is 5.51. The lowest BCUT2D eigenvalue weighted by atomic mass is 9.83.